The zero-order valence-electron chi connectivity index (χ0n) is 16.1. The van der Waals surface area contributed by atoms with E-state index < -0.39 is 0 Å². The third kappa shape index (κ3) is 3.08. The molecule has 0 N–H and O–H groups in total. The van der Waals surface area contributed by atoms with Crippen molar-refractivity contribution in [3.63, 3.8) is 0 Å². The fraction of sp³-hybridized carbons (Fsp3) is 0.318. The van der Waals surface area contributed by atoms with Crippen molar-refractivity contribution in [2.45, 2.75) is 31.7 Å². The predicted octanol–water partition coefficient (Wildman–Crippen LogP) is 3.18. The van der Waals surface area contributed by atoms with E-state index in [4.69, 9.17) is 11.6 Å². The van der Waals surface area contributed by atoms with Gasteiger partial charge in [0.25, 0.3) is 11.5 Å². The topological polar surface area (TPSA) is 60.1 Å². The molecule has 1 fully saturated rings. The van der Waals surface area contributed by atoms with Gasteiger partial charge in [-0.3, -0.25) is 9.59 Å². The Bertz CT molecular complexity index is 1160. The van der Waals surface area contributed by atoms with E-state index in [1.165, 1.54) is 5.56 Å². The van der Waals surface area contributed by atoms with Gasteiger partial charge in [-0.2, -0.15) is 0 Å². The average molecular weight is 409 g/mol. The van der Waals surface area contributed by atoms with Gasteiger partial charge in [0.05, 0.1) is 12.0 Å². The third-order valence-corrected chi connectivity index (χ3v) is 6.30. The molecule has 1 amide bonds. The molecule has 148 valence electrons. The van der Waals surface area contributed by atoms with Gasteiger partial charge in [-0.25, -0.2) is 4.98 Å². The van der Waals surface area contributed by atoms with E-state index in [0.29, 0.717) is 31.0 Å². The summed E-state index contributed by atoms with van der Waals surface area (Å²) in [5.74, 6) is -0.0815. The normalized spacial score (nSPS) is 17.3. The van der Waals surface area contributed by atoms with Crippen molar-refractivity contribution in [3.05, 3.63) is 81.3 Å². The largest absolute Gasteiger partial charge is 0.335 e. The number of nitrogens with zero attached hydrogens (tertiary/aromatic N) is 4. The van der Waals surface area contributed by atoms with Crippen LogP contribution in [0.4, 0.5) is 0 Å². The molecule has 0 spiro atoms. The molecule has 6 nitrogen and oxygen atoms in total. The molecule has 1 aliphatic heterocycles. The second-order valence-corrected chi connectivity index (χ2v) is 8.43. The number of hydrogen-bond acceptors (Lipinski definition) is 3. The van der Waals surface area contributed by atoms with Gasteiger partial charge in [-0.1, -0.05) is 23.7 Å². The minimum absolute atomic E-state index is 0.0109. The summed E-state index contributed by atoms with van der Waals surface area (Å²) in [5.41, 5.74) is 2.88. The maximum atomic E-state index is 13.1. The van der Waals surface area contributed by atoms with Gasteiger partial charge in [0, 0.05) is 36.3 Å². The van der Waals surface area contributed by atoms with Crippen LogP contribution in [0, 0.1) is 6.92 Å². The number of aryl methyl sites for hydroxylation is 1. The van der Waals surface area contributed by atoms with Crippen molar-refractivity contribution >= 4 is 17.5 Å². The minimum atomic E-state index is -0.160. The predicted molar refractivity (Wildman–Crippen MR) is 111 cm³/mol. The molecule has 0 bridgehead atoms. The molecule has 5 rings (SSSR count). The lowest BCUT2D eigenvalue weighted by Crippen LogP contribution is -2.47. The molecule has 2 aliphatic rings. The fourth-order valence-corrected chi connectivity index (χ4v) is 4.34. The maximum Gasteiger partial charge on any atom is 0.275 e. The first kappa shape index (κ1) is 18.2. The van der Waals surface area contributed by atoms with Gasteiger partial charge in [0.2, 0.25) is 0 Å². The highest BCUT2D eigenvalue weighted by Gasteiger charge is 2.46. The Labute approximate surface area is 173 Å². The van der Waals surface area contributed by atoms with E-state index >= 15 is 0 Å². The Kier molecular flexibility index (Phi) is 4.13. The summed E-state index contributed by atoms with van der Waals surface area (Å²) >= 11 is 6.02. The zero-order valence-corrected chi connectivity index (χ0v) is 16.9. The molecule has 0 saturated heterocycles. The molecule has 2 aromatic heterocycles. The summed E-state index contributed by atoms with van der Waals surface area (Å²) < 4.78 is 3.30. The van der Waals surface area contributed by atoms with Crippen LogP contribution in [0.5, 0.6) is 0 Å². The Hall–Kier alpha value is -2.86. The molecule has 1 aromatic carbocycles. The van der Waals surface area contributed by atoms with Crippen molar-refractivity contribution in [2.75, 3.05) is 13.1 Å². The number of fused-ring (bicyclic) bond motifs is 1. The van der Waals surface area contributed by atoms with Crippen LogP contribution >= 0.6 is 11.6 Å². The van der Waals surface area contributed by atoms with Crippen LogP contribution in [0.15, 0.2) is 53.7 Å². The van der Waals surface area contributed by atoms with E-state index in [9.17, 15) is 9.59 Å². The van der Waals surface area contributed by atoms with Gasteiger partial charge < -0.3 is 14.0 Å². The summed E-state index contributed by atoms with van der Waals surface area (Å²) in [6.07, 6.45) is 5.55. The van der Waals surface area contributed by atoms with E-state index in [1.807, 2.05) is 30.2 Å². The van der Waals surface area contributed by atoms with Crippen LogP contribution in [0.2, 0.25) is 5.02 Å². The minimum Gasteiger partial charge on any atom is -0.335 e. The lowest BCUT2D eigenvalue weighted by atomic mass is 9.95. The van der Waals surface area contributed by atoms with E-state index in [0.717, 1.165) is 23.6 Å². The molecule has 3 heterocycles. The van der Waals surface area contributed by atoms with E-state index in [1.54, 1.807) is 27.6 Å². The Morgan fingerprint density at radius 1 is 1.07 bits per heavy atom. The second kappa shape index (κ2) is 6.59. The third-order valence-electron chi connectivity index (χ3n) is 6.05. The first-order valence-electron chi connectivity index (χ1n) is 9.77. The smallest absolute Gasteiger partial charge is 0.275 e. The molecule has 0 unspecified atom stereocenters. The van der Waals surface area contributed by atoms with Crippen molar-refractivity contribution < 1.29 is 4.79 Å². The monoisotopic (exact) mass is 408 g/mol. The number of carbonyl (C=O) groups is 1. The summed E-state index contributed by atoms with van der Waals surface area (Å²) in [4.78, 5) is 32.2. The van der Waals surface area contributed by atoms with E-state index in [2.05, 4.69) is 17.1 Å². The molecule has 1 aliphatic carbocycles. The maximum absolute atomic E-state index is 13.1. The van der Waals surface area contributed by atoms with E-state index in [-0.39, 0.29) is 16.9 Å². The number of halogens is 1. The average Bonchev–Trinajstić information content (AvgIpc) is 3.37. The zero-order chi connectivity index (χ0) is 20.2. The fourth-order valence-electron chi connectivity index (χ4n) is 4.22. The van der Waals surface area contributed by atoms with Gasteiger partial charge in [-0.05, 0) is 49.6 Å². The number of pyridine rings is 1. The number of hydrogen-bond donors (Lipinski definition) is 0. The van der Waals surface area contributed by atoms with Gasteiger partial charge in [-0.15, -0.1) is 0 Å². The quantitative estimate of drug-likeness (QED) is 0.666. The van der Waals surface area contributed by atoms with Crippen molar-refractivity contribution in [1.29, 1.82) is 0 Å². The summed E-state index contributed by atoms with van der Waals surface area (Å²) in [6.45, 7) is 3.58. The molecule has 3 aromatic rings. The lowest BCUT2D eigenvalue weighted by molar-refractivity contribution is 0.0682. The molecular formula is C22H21ClN4O2. The molecule has 0 radical (unpaired) electrons. The summed E-state index contributed by atoms with van der Waals surface area (Å²) in [7, 11) is 0. The lowest BCUT2D eigenvalue weighted by Gasteiger charge is -2.33. The number of amides is 1. The Morgan fingerprint density at radius 2 is 1.83 bits per heavy atom. The van der Waals surface area contributed by atoms with Crippen LogP contribution in [0.3, 0.4) is 0 Å². The number of benzene rings is 1. The van der Waals surface area contributed by atoms with Crippen LogP contribution in [0.1, 0.15) is 34.6 Å². The second-order valence-electron chi connectivity index (χ2n) is 8.00. The molecule has 1 saturated carbocycles. The SMILES string of the molecule is Cc1cn(-c2ccc3n(c2=O)CCN(CC2(c4ccc(Cl)cc4)CC2)C3=O)cn1. The van der Waals surface area contributed by atoms with Crippen LogP contribution in [0.25, 0.3) is 5.69 Å². The van der Waals surface area contributed by atoms with Crippen molar-refractivity contribution in [2.24, 2.45) is 0 Å². The van der Waals surface area contributed by atoms with Crippen LogP contribution in [-0.2, 0) is 12.0 Å². The first-order valence-corrected chi connectivity index (χ1v) is 10.1. The number of rotatable bonds is 4. The number of carbonyl (C=O) groups excluding carboxylic acids is 1. The van der Waals surface area contributed by atoms with Gasteiger partial charge in [0.15, 0.2) is 0 Å². The highest BCUT2D eigenvalue weighted by molar-refractivity contribution is 6.30. The molecule has 29 heavy (non-hydrogen) atoms. The first-order chi connectivity index (χ1) is 14.0. The number of aromatic nitrogens is 3. The summed E-state index contributed by atoms with van der Waals surface area (Å²) in [5, 5.41) is 0.718. The molecular weight excluding hydrogens is 388 g/mol. The van der Waals surface area contributed by atoms with Crippen LogP contribution in [-0.4, -0.2) is 38.0 Å². The standard InChI is InChI=1S/C22H21ClN4O2/c1-15-12-26(14-24-15)18-6-7-19-20(28)25(10-11-27(19)21(18)29)13-22(8-9-22)16-2-4-17(23)5-3-16/h2-7,12,14H,8-11,13H2,1H3. The van der Waals surface area contributed by atoms with Crippen LogP contribution < -0.4 is 5.56 Å². The highest BCUT2D eigenvalue weighted by atomic mass is 35.5. The molecule has 7 heteroatoms. The van der Waals surface area contributed by atoms with Crippen molar-refractivity contribution in [1.82, 2.24) is 19.0 Å². The Balaban J connectivity index is 1.42. The highest BCUT2D eigenvalue weighted by Crippen LogP contribution is 2.49. The summed E-state index contributed by atoms with van der Waals surface area (Å²) in [6, 6.07) is 11.4. The van der Waals surface area contributed by atoms with Crippen molar-refractivity contribution in [3.8, 4) is 5.69 Å². The van der Waals surface area contributed by atoms with Gasteiger partial charge in [0.1, 0.15) is 11.4 Å². The Morgan fingerprint density at radius 3 is 2.48 bits per heavy atom. The van der Waals surface area contributed by atoms with Gasteiger partial charge >= 0.3 is 0 Å². The molecule has 0 atom stereocenters. The number of imidazole rings is 1.